The fourth-order valence-corrected chi connectivity index (χ4v) is 6.91. The molecule has 5 nitrogen and oxygen atoms in total. The molecule has 7 atom stereocenters. The molecule has 0 aromatic carbocycles. The van der Waals surface area contributed by atoms with Crippen molar-refractivity contribution in [3.05, 3.63) is 23.3 Å². The van der Waals surface area contributed by atoms with Crippen molar-refractivity contribution >= 4 is 11.8 Å². The normalized spacial score (nSPS) is 50.3. The van der Waals surface area contributed by atoms with E-state index in [-0.39, 0.29) is 41.8 Å². The fraction of sp³-hybridized carbons (Fsp3) is 0.714. The van der Waals surface area contributed by atoms with E-state index in [0.29, 0.717) is 19.3 Å². The maximum absolute atomic E-state index is 12.0. The standard InChI is InChI=1S/C21H28O5/c1-11-8-13-14-5-7-21(26,18(24)25)20(14,3)10-16(23)17(13)19(2)6-4-12(22)9-15(11)19/h8-9,13-14,16-17,23,26H,4-7,10H2,1-3H3,(H,24,25)/t13-,14-,16-,17?,19-,20-,21-/m0/s1. The predicted molar refractivity (Wildman–Crippen MR) is 95.2 cm³/mol. The summed E-state index contributed by atoms with van der Waals surface area (Å²) in [4.78, 5) is 23.8. The van der Waals surface area contributed by atoms with Gasteiger partial charge in [-0.3, -0.25) is 4.79 Å². The SMILES string of the molecule is CC1=C[C@@H]2C([C@@H](O)C[C@@]3(C)[C@H]2CC[C@]3(O)C(=O)O)[C@@]2(C)CCC(=O)C=C12. The number of aliphatic carboxylic acids is 1. The minimum atomic E-state index is -1.79. The third-order valence-corrected chi connectivity index (χ3v) is 8.28. The van der Waals surface area contributed by atoms with Gasteiger partial charge in [-0.1, -0.05) is 25.5 Å². The summed E-state index contributed by atoms with van der Waals surface area (Å²) in [6.45, 7) is 5.98. The van der Waals surface area contributed by atoms with Crippen LogP contribution < -0.4 is 0 Å². The second-order valence-corrected chi connectivity index (χ2v) is 9.39. The minimum absolute atomic E-state index is 0.0166. The maximum atomic E-state index is 12.0. The Hall–Kier alpha value is -1.46. The van der Waals surface area contributed by atoms with Gasteiger partial charge in [0.05, 0.1) is 6.10 Å². The number of fused-ring (bicyclic) bond motifs is 5. The molecule has 0 aliphatic heterocycles. The number of hydrogen-bond acceptors (Lipinski definition) is 4. The zero-order valence-electron chi connectivity index (χ0n) is 15.7. The summed E-state index contributed by atoms with van der Waals surface area (Å²) in [7, 11) is 0. The lowest BCUT2D eigenvalue weighted by molar-refractivity contribution is -0.189. The summed E-state index contributed by atoms with van der Waals surface area (Å²) in [5.41, 5.74) is -0.821. The molecule has 0 aromatic rings. The van der Waals surface area contributed by atoms with E-state index in [2.05, 4.69) is 13.0 Å². The smallest absolute Gasteiger partial charge is 0.336 e. The molecule has 0 spiro atoms. The summed E-state index contributed by atoms with van der Waals surface area (Å²) >= 11 is 0. The van der Waals surface area contributed by atoms with Crippen molar-refractivity contribution < 1.29 is 24.9 Å². The predicted octanol–water partition coefficient (Wildman–Crippen LogP) is 2.47. The number of aliphatic hydroxyl groups is 2. The Morgan fingerprint density at radius 3 is 2.62 bits per heavy atom. The van der Waals surface area contributed by atoms with E-state index in [4.69, 9.17) is 0 Å². The van der Waals surface area contributed by atoms with Gasteiger partial charge in [-0.15, -0.1) is 0 Å². The number of rotatable bonds is 1. The average Bonchev–Trinajstić information content (AvgIpc) is 2.81. The number of carbonyl (C=O) groups excluding carboxylic acids is 1. The van der Waals surface area contributed by atoms with Crippen LogP contribution >= 0.6 is 0 Å². The van der Waals surface area contributed by atoms with E-state index in [1.807, 2.05) is 13.8 Å². The topological polar surface area (TPSA) is 94.8 Å². The highest BCUT2D eigenvalue weighted by molar-refractivity contribution is 5.92. The van der Waals surface area contributed by atoms with Crippen LogP contribution in [-0.2, 0) is 9.59 Å². The van der Waals surface area contributed by atoms with Crippen LogP contribution in [0.5, 0.6) is 0 Å². The van der Waals surface area contributed by atoms with Gasteiger partial charge in [-0.2, -0.15) is 0 Å². The van der Waals surface area contributed by atoms with Gasteiger partial charge in [0.2, 0.25) is 0 Å². The summed E-state index contributed by atoms with van der Waals surface area (Å²) in [6, 6.07) is 0. The largest absolute Gasteiger partial charge is 0.479 e. The highest BCUT2D eigenvalue weighted by Crippen LogP contribution is 2.66. The van der Waals surface area contributed by atoms with Crippen molar-refractivity contribution in [3.63, 3.8) is 0 Å². The third kappa shape index (κ3) is 1.99. The van der Waals surface area contributed by atoms with Crippen molar-refractivity contribution in [2.24, 2.45) is 28.6 Å². The van der Waals surface area contributed by atoms with Crippen LogP contribution in [0.15, 0.2) is 23.3 Å². The van der Waals surface area contributed by atoms with Gasteiger partial charge in [0.1, 0.15) is 0 Å². The molecule has 3 N–H and O–H groups in total. The lowest BCUT2D eigenvalue weighted by atomic mass is 9.46. The van der Waals surface area contributed by atoms with Crippen LogP contribution in [-0.4, -0.2) is 38.8 Å². The molecule has 0 radical (unpaired) electrons. The lowest BCUT2D eigenvalue weighted by Crippen LogP contribution is -2.61. The van der Waals surface area contributed by atoms with Crippen LogP contribution in [0.2, 0.25) is 0 Å². The molecule has 2 saturated carbocycles. The van der Waals surface area contributed by atoms with Crippen molar-refractivity contribution in [1.82, 2.24) is 0 Å². The highest BCUT2D eigenvalue weighted by Gasteiger charge is 2.68. The number of hydrogen-bond donors (Lipinski definition) is 3. The molecule has 0 aromatic heterocycles. The summed E-state index contributed by atoms with van der Waals surface area (Å²) < 4.78 is 0. The number of carboxylic acids is 1. The van der Waals surface area contributed by atoms with Gasteiger partial charge in [0.15, 0.2) is 11.4 Å². The third-order valence-electron chi connectivity index (χ3n) is 8.28. The van der Waals surface area contributed by atoms with E-state index < -0.39 is 23.1 Å². The zero-order chi connectivity index (χ0) is 19.1. The Bertz CT molecular complexity index is 752. The van der Waals surface area contributed by atoms with E-state index >= 15 is 0 Å². The molecule has 0 amide bonds. The lowest BCUT2D eigenvalue weighted by Gasteiger charge is -2.59. The fourth-order valence-electron chi connectivity index (χ4n) is 6.91. The molecule has 26 heavy (non-hydrogen) atoms. The van der Waals surface area contributed by atoms with Crippen molar-refractivity contribution in [2.75, 3.05) is 0 Å². The van der Waals surface area contributed by atoms with Crippen molar-refractivity contribution in [1.29, 1.82) is 0 Å². The average molecular weight is 360 g/mol. The van der Waals surface area contributed by atoms with Crippen LogP contribution in [0, 0.1) is 28.6 Å². The molecule has 142 valence electrons. The Morgan fingerprint density at radius 2 is 1.96 bits per heavy atom. The molecular formula is C21H28O5. The van der Waals surface area contributed by atoms with Gasteiger partial charge >= 0.3 is 5.97 Å². The molecule has 2 fully saturated rings. The van der Waals surface area contributed by atoms with Crippen LogP contribution in [0.4, 0.5) is 0 Å². The number of ketones is 1. The van der Waals surface area contributed by atoms with Gasteiger partial charge in [0, 0.05) is 17.8 Å². The molecule has 0 bridgehead atoms. The molecule has 4 aliphatic carbocycles. The molecule has 4 rings (SSSR count). The Morgan fingerprint density at radius 1 is 1.27 bits per heavy atom. The Balaban J connectivity index is 1.85. The zero-order valence-corrected chi connectivity index (χ0v) is 15.7. The summed E-state index contributed by atoms with van der Waals surface area (Å²) in [6.07, 6.45) is 5.54. The molecule has 0 heterocycles. The number of carbonyl (C=O) groups is 2. The quantitative estimate of drug-likeness (QED) is 0.668. The van der Waals surface area contributed by atoms with E-state index in [0.717, 1.165) is 11.1 Å². The van der Waals surface area contributed by atoms with Gasteiger partial charge in [-0.05, 0) is 61.5 Å². The number of aliphatic hydroxyl groups excluding tert-OH is 1. The first-order chi connectivity index (χ1) is 12.0. The van der Waals surface area contributed by atoms with E-state index in [1.165, 1.54) is 0 Å². The first kappa shape index (κ1) is 17.9. The Kier molecular flexibility index (Phi) is 3.65. The van der Waals surface area contributed by atoms with Crippen LogP contribution in [0.25, 0.3) is 0 Å². The maximum Gasteiger partial charge on any atom is 0.336 e. The van der Waals surface area contributed by atoms with Gasteiger partial charge in [0.25, 0.3) is 0 Å². The first-order valence-corrected chi connectivity index (χ1v) is 9.62. The number of allylic oxidation sites excluding steroid dienone is 4. The van der Waals surface area contributed by atoms with Crippen LogP contribution in [0.3, 0.4) is 0 Å². The number of carboxylic acid groups (broad SMARTS) is 1. The molecule has 0 saturated heterocycles. The Labute approximate surface area is 153 Å². The minimum Gasteiger partial charge on any atom is -0.479 e. The van der Waals surface area contributed by atoms with Gasteiger partial charge < -0.3 is 15.3 Å². The van der Waals surface area contributed by atoms with E-state index in [9.17, 15) is 24.9 Å². The van der Waals surface area contributed by atoms with Crippen molar-refractivity contribution in [3.8, 4) is 0 Å². The molecule has 1 unspecified atom stereocenters. The summed E-state index contributed by atoms with van der Waals surface area (Å²) in [5, 5.41) is 31.8. The summed E-state index contributed by atoms with van der Waals surface area (Å²) in [5.74, 6) is -1.05. The van der Waals surface area contributed by atoms with E-state index in [1.54, 1.807) is 6.08 Å². The highest BCUT2D eigenvalue weighted by atomic mass is 16.4. The molecule has 4 aliphatic rings. The van der Waals surface area contributed by atoms with Gasteiger partial charge in [-0.25, -0.2) is 4.79 Å². The molecule has 5 heteroatoms. The second kappa shape index (κ2) is 5.29. The van der Waals surface area contributed by atoms with Crippen LogP contribution in [0.1, 0.15) is 52.9 Å². The first-order valence-electron chi connectivity index (χ1n) is 9.62. The second-order valence-electron chi connectivity index (χ2n) is 9.39. The monoisotopic (exact) mass is 360 g/mol. The van der Waals surface area contributed by atoms with Crippen molar-refractivity contribution in [2.45, 2.75) is 64.6 Å². The molecular weight excluding hydrogens is 332 g/mol.